The summed E-state index contributed by atoms with van der Waals surface area (Å²) in [7, 11) is 1.57. The van der Waals surface area contributed by atoms with Gasteiger partial charge in [-0.05, 0) is 24.4 Å². The van der Waals surface area contributed by atoms with E-state index in [9.17, 15) is 4.79 Å². The van der Waals surface area contributed by atoms with E-state index in [0.29, 0.717) is 18.0 Å². The van der Waals surface area contributed by atoms with Crippen molar-refractivity contribution in [1.82, 2.24) is 9.55 Å². The van der Waals surface area contributed by atoms with Gasteiger partial charge in [0.05, 0.1) is 19.4 Å². The molecule has 1 aromatic carbocycles. The van der Waals surface area contributed by atoms with Crippen molar-refractivity contribution in [2.24, 2.45) is 0 Å². The highest BCUT2D eigenvalue weighted by molar-refractivity contribution is 7.71. The summed E-state index contributed by atoms with van der Waals surface area (Å²) in [6.07, 6.45) is 0. The molecule has 1 aromatic heterocycles. The van der Waals surface area contributed by atoms with Crippen molar-refractivity contribution in [3.05, 3.63) is 45.5 Å². The number of hydrogen-bond acceptors (Lipinski definition) is 4. The summed E-state index contributed by atoms with van der Waals surface area (Å²) in [5.41, 5.74) is 1.11. The number of aliphatic hydroxyl groups excluding tert-OH is 1. The molecule has 0 radical (unpaired) electrons. The maximum absolute atomic E-state index is 11.6. The van der Waals surface area contributed by atoms with Crippen LogP contribution in [-0.2, 0) is 6.54 Å². The molecular weight excluding hydrogens is 264 g/mol. The molecule has 0 fully saturated rings. The number of rotatable bonds is 4. The highest BCUT2D eigenvalue weighted by atomic mass is 32.1. The van der Waals surface area contributed by atoms with Crippen LogP contribution in [0.3, 0.4) is 0 Å². The molecule has 0 aliphatic heterocycles. The first-order valence-electron chi connectivity index (χ1n) is 5.75. The molecule has 0 amide bonds. The summed E-state index contributed by atoms with van der Waals surface area (Å²) in [4.78, 5) is 14.1. The fourth-order valence-electron chi connectivity index (χ4n) is 1.92. The first-order chi connectivity index (χ1) is 9.17. The second-order valence-electron chi connectivity index (χ2n) is 3.90. The smallest absolute Gasteiger partial charge is 0.252 e. The predicted octanol–water partition coefficient (Wildman–Crippen LogP) is 1.57. The maximum Gasteiger partial charge on any atom is 0.252 e. The molecule has 0 aliphatic rings. The Morgan fingerprint density at radius 3 is 2.84 bits per heavy atom. The third-order valence-corrected chi connectivity index (χ3v) is 3.06. The van der Waals surface area contributed by atoms with E-state index in [1.54, 1.807) is 11.7 Å². The van der Waals surface area contributed by atoms with Crippen LogP contribution in [0, 0.1) is 4.77 Å². The van der Waals surface area contributed by atoms with Gasteiger partial charge in [-0.3, -0.25) is 9.78 Å². The molecule has 2 aromatic rings. The van der Waals surface area contributed by atoms with Crippen molar-refractivity contribution in [1.29, 1.82) is 0 Å². The lowest BCUT2D eigenvalue weighted by molar-refractivity contribution is 0.275. The van der Waals surface area contributed by atoms with Gasteiger partial charge in [0.15, 0.2) is 4.77 Å². The van der Waals surface area contributed by atoms with Crippen LogP contribution < -0.4 is 10.3 Å². The van der Waals surface area contributed by atoms with Gasteiger partial charge < -0.3 is 14.4 Å². The number of benzene rings is 1. The molecule has 6 heteroatoms. The molecule has 0 atom stereocenters. The zero-order valence-corrected chi connectivity index (χ0v) is 11.2. The fourth-order valence-corrected chi connectivity index (χ4v) is 2.21. The van der Waals surface area contributed by atoms with Gasteiger partial charge in [0.2, 0.25) is 0 Å². The number of H-pyrrole nitrogens is 1. The number of nitrogens with zero attached hydrogens (tertiary/aromatic N) is 1. The first kappa shape index (κ1) is 13.5. The molecule has 0 saturated carbocycles. The lowest BCUT2D eigenvalue weighted by atomic mass is 10.1. The topological polar surface area (TPSA) is 67.2 Å². The minimum Gasteiger partial charge on any atom is -0.496 e. The monoisotopic (exact) mass is 278 g/mol. The third-order valence-electron chi connectivity index (χ3n) is 2.74. The Balaban J connectivity index is 2.73. The number of ether oxygens (including phenoxy) is 1. The van der Waals surface area contributed by atoms with Crippen LogP contribution in [0.4, 0.5) is 0 Å². The van der Waals surface area contributed by atoms with Crippen LogP contribution in [-0.4, -0.2) is 28.4 Å². The molecule has 1 heterocycles. The summed E-state index contributed by atoms with van der Waals surface area (Å²) < 4.78 is 7.25. The average molecular weight is 278 g/mol. The molecular formula is C13H14N2O3S. The van der Waals surface area contributed by atoms with Gasteiger partial charge in [0.25, 0.3) is 5.56 Å². The third kappa shape index (κ3) is 2.74. The predicted molar refractivity (Wildman–Crippen MR) is 75.0 cm³/mol. The zero-order chi connectivity index (χ0) is 13.8. The molecule has 19 heavy (non-hydrogen) atoms. The van der Waals surface area contributed by atoms with Gasteiger partial charge in [-0.2, -0.15) is 0 Å². The number of aliphatic hydroxyl groups is 1. The molecule has 0 bridgehead atoms. The summed E-state index contributed by atoms with van der Waals surface area (Å²) in [5, 5.41) is 9.12. The normalized spacial score (nSPS) is 10.4. The van der Waals surface area contributed by atoms with Gasteiger partial charge in [0, 0.05) is 18.2 Å². The van der Waals surface area contributed by atoms with E-state index in [2.05, 4.69) is 4.98 Å². The molecule has 5 nitrogen and oxygen atoms in total. The number of aromatic nitrogens is 2. The molecule has 100 valence electrons. The Bertz CT molecular complexity index is 691. The lowest BCUT2D eigenvalue weighted by Gasteiger charge is -2.14. The zero-order valence-electron chi connectivity index (χ0n) is 10.4. The van der Waals surface area contributed by atoms with Gasteiger partial charge in [-0.15, -0.1) is 0 Å². The number of nitrogens with one attached hydrogen (secondary N) is 1. The molecule has 0 aliphatic carbocycles. The van der Waals surface area contributed by atoms with Gasteiger partial charge in [-0.25, -0.2) is 0 Å². The van der Waals surface area contributed by atoms with E-state index in [-0.39, 0.29) is 16.9 Å². The maximum atomic E-state index is 11.6. The van der Waals surface area contributed by atoms with E-state index in [0.717, 1.165) is 5.56 Å². The molecule has 2 N–H and O–H groups in total. The van der Waals surface area contributed by atoms with Crippen molar-refractivity contribution < 1.29 is 9.84 Å². The van der Waals surface area contributed by atoms with Crippen LogP contribution >= 0.6 is 12.2 Å². The van der Waals surface area contributed by atoms with Crippen molar-refractivity contribution >= 4 is 12.2 Å². The number of methoxy groups -OCH3 is 1. The Morgan fingerprint density at radius 1 is 1.42 bits per heavy atom. The van der Waals surface area contributed by atoms with Crippen LogP contribution in [0.2, 0.25) is 0 Å². The standard InChI is InChI=1S/C13H14N2O3S/c1-18-11-5-3-2-4-9(11)10-8-12(17)14-13(19)15(10)6-7-16/h2-5,8,16H,6-7H2,1H3,(H,14,17,19). The fraction of sp³-hybridized carbons (Fsp3) is 0.231. The Morgan fingerprint density at radius 2 is 2.16 bits per heavy atom. The van der Waals surface area contributed by atoms with E-state index in [4.69, 9.17) is 22.1 Å². The number of hydrogen-bond donors (Lipinski definition) is 2. The van der Waals surface area contributed by atoms with Crippen LogP contribution in [0.5, 0.6) is 5.75 Å². The minimum atomic E-state index is -0.278. The minimum absolute atomic E-state index is 0.0670. The quantitative estimate of drug-likeness (QED) is 0.833. The van der Waals surface area contributed by atoms with Gasteiger partial charge >= 0.3 is 0 Å². The van der Waals surface area contributed by atoms with Crippen molar-refractivity contribution in [3.8, 4) is 17.0 Å². The molecule has 2 rings (SSSR count). The van der Waals surface area contributed by atoms with Crippen LogP contribution in [0.1, 0.15) is 0 Å². The molecule has 0 spiro atoms. The van der Waals surface area contributed by atoms with Crippen LogP contribution in [0.15, 0.2) is 35.1 Å². The van der Waals surface area contributed by atoms with Gasteiger partial charge in [0.1, 0.15) is 5.75 Å². The highest BCUT2D eigenvalue weighted by Crippen LogP contribution is 2.28. The summed E-state index contributed by atoms with van der Waals surface area (Å²) in [5.74, 6) is 0.647. The van der Waals surface area contributed by atoms with Crippen LogP contribution in [0.25, 0.3) is 11.3 Å². The highest BCUT2D eigenvalue weighted by Gasteiger charge is 2.10. The number of aromatic amines is 1. The van der Waals surface area contributed by atoms with E-state index in [1.165, 1.54) is 6.07 Å². The average Bonchev–Trinajstić information content (AvgIpc) is 2.41. The van der Waals surface area contributed by atoms with Crippen molar-refractivity contribution in [3.63, 3.8) is 0 Å². The molecule has 0 saturated heterocycles. The Labute approximate surface area is 115 Å². The Hall–Kier alpha value is -1.92. The van der Waals surface area contributed by atoms with E-state index in [1.807, 2.05) is 24.3 Å². The summed E-state index contributed by atoms with van der Waals surface area (Å²) >= 11 is 5.13. The number of para-hydroxylation sites is 1. The van der Waals surface area contributed by atoms with Gasteiger partial charge in [-0.1, -0.05) is 12.1 Å². The van der Waals surface area contributed by atoms with E-state index >= 15 is 0 Å². The summed E-state index contributed by atoms with van der Waals surface area (Å²) in [6, 6.07) is 8.80. The summed E-state index contributed by atoms with van der Waals surface area (Å²) in [6.45, 7) is 0.242. The lowest BCUT2D eigenvalue weighted by Crippen LogP contribution is -2.16. The first-order valence-corrected chi connectivity index (χ1v) is 6.16. The second-order valence-corrected chi connectivity index (χ2v) is 4.29. The Kier molecular flexibility index (Phi) is 4.13. The van der Waals surface area contributed by atoms with Crippen molar-refractivity contribution in [2.75, 3.05) is 13.7 Å². The largest absolute Gasteiger partial charge is 0.496 e. The van der Waals surface area contributed by atoms with Crippen molar-refractivity contribution in [2.45, 2.75) is 6.54 Å². The molecule has 0 unspecified atom stereocenters. The second kappa shape index (κ2) is 5.81. The SMILES string of the molecule is COc1ccccc1-c1cc(=O)[nH]c(=S)n1CCO. The van der Waals surface area contributed by atoms with E-state index < -0.39 is 0 Å².